The Kier molecular flexibility index (Phi) is 4.69. The molecule has 0 bridgehead atoms. The van der Waals surface area contributed by atoms with E-state index in [1.807, 2.05) is 0 Å². The van der Waals surface area contributed by atoms with E-state index in [0.717, 1.165) is 39.1 Å². The van der Waals surface area contributed by atoms with Crippen molar-refractivity contribution in [1.29, 1.82) is 0 Å². The lowest BCUT2D eigenvalue weighted by atomic mass is 10.3. The number of amides is 1. The van der Waals surface area contributed by atoms with E-state index in [1.165, 1.54) is 0 Å². The van der Waals surface area contributed by atoms with E-state index in [4.69, 9.17) is 5.73 Å². The van der Waals surface area contributed by atoms with Crippen LogP contribution >= 0.6 is 0 Å². The lowest BCUT2D eigenvalue weighted by Crippen LogP contribution is -2.44. The molecule has 5 heteroatoms. The van der Waals surface area contributed by atoms with Gasteiger partial charge in [-0.05, 0) is 13.5 Å². The summed E-state index contributed by atoms with van der Waals surface area (Å²) < 4.78 is 4.66. The summed E-state index contributed by atoms with van der Waals surface area (Å²) in [4.78, 5) is 15.0. The maximum absolute atomic E-state index is 10.3. The fraction of sp³-hybridized carbons (Fsp3) is 0.889. The van der Waals surface area contributed by atoms with E-state index in [0.29, 0.717) is 6.61 Å². The van der Waals surface area contributed by atoms with Crippen molar-refractivity contribution in [1.82, 2.24) is 9.80 Å². The van der Waals surface area contributed by atoms with Crippen molar-refractivity contribution in [2.75, 3.05) is 46.4 Å². The van der Waals surface area contributed by atoms with E-state index >= 15 is 0 Å². The predicted molar refractivity (Wildman–Crippen MR) is 54.1 cm³/mol. The van der Waals surface area contributed by atoms with Gasteiger partial charge in [0.05, 0.1) is 6.61 Å². The number of ether oxygens (including phenoxy) is 1. The van der Waals surface area contributed by atoms with Gasteiger partial charge in [-0.2, -0.15) is 0 Å². The van der Waals surface area contributed by atoms with Gasteiger partial charge in [0.2, 0.25) is 0 Å². The third-order valence-corrected chi connectivity index (χ3v) is 2.46. The third-order valence-electron chi connectivity index (χ3n) is 2.46. The van der Waals surface area contributed by atoms with Crippen LogP contribution in [0.4, 0.5) is 4.79 Å². The largest absolute Gasteiger partial charge is 0.450 e. The van der Waals surface area contributed by atoms with Gasteiger partial charge in [0.1, 0.15) is 0 Å². The Morgan fingerprint density at radius 3 is 2.57 bits per heavy atom. The molecule has 2 N–H and O–H groups in total. The molecule has 1 aliphatic rings. The maximum Gasteiger partial charge on any atom is 0.404 e. The van der Waals surface area contributed by atoms with Gasteiger partial charge in [-0.15, -0.1) is 0 Å². The Morgan fingerprint density at radius 2 is 2.00 bits per heavy atom. The Labute approximate surface area is 84.8 Å². The van der Waals surface area contributed by atoms with E-state index < -0.39 is 6.09 Å². The molecule has 0 aromatic rings. The number of nitrogens with two attached hydrogens (primary N) is 1. The number of likely N-dealkylation sites (N-methyl/N-ethyl adjacent to an activating group) is 1. The molecular weight excluding hydrogens is 182 g/mol. The number of hydrogen-bond donors (Lipinski definition) is 1. The summed E-state index contributed by atoms with van der Waals surface area (Å²) in [6, 6.07) is 0. The summed E-state index contributed by atoms with van der Waals surface area (Å²) in [6.45, 7) is 5.87. The first-order valence-electron chi connectivity index (χ1n) is 5.01. The molecule has 0 aromatic heterocycles. The molecule has 1 aliphatic heterocycles. The summed E-state index contributed by atoms with van der Waals surface area (Å²) in [5.74, 6) is 0. The van der Waals surface area contributed by atoms with Crippen molar-refractivity contribution in [3.8, 4) is 0 Å². The number of rotatable bonds is 4. The maximum atomic E-state index is 10.3. The number of carbonyl (C=O) groups is 1. The smallest absolute Gasteiger partial charge is 0.404 e. The molecule has 1 fully saturated rings. The summed E-state index contributed by atoms with van der Waals surface area (Å²) >= 11 is 0. The first-order valence-corrected chi connectivity index (χ1v) is 5.01. The molecule has 0 spiro atoms. The minimum atomic E-state index is -0.677. The van der Waals surface area contributed by atoms with E-state index in [1.54, 1.807) is 0 Å². The van der Waals surface area contributed by atoms with Gasteiger partial charge in [0, 0.05) is 32.7 Å². The van der Waals surface area contributed by atoms with Crippen LogP contribution in [0.25, 0.3) is 0 Å². The van der Waals surface area contributed by atoms with Gasteiger partial charge in [-0.1, -0.05) is 0 Å². The van der Waals surface area contributed by atoms with Crippen molar-refractivity contribution in [2.45, 2.75) is 6.42 Å². The van der Waals surface area contributed by atoms with E-state index in [2.05, 4.69) is 21.6 Å². The standard InChI is InChI=1S/C9H19N3O2/c1-11-4-6-12(7-5-11)3-2-8-14-9(10)13/h2-8H2,1H3,(H2,10,13). The summed E-state index contributed by atoms with van der Waals surface area (Å²) in [5.41, 5.74) is 4.85. The Bertz CT molecular complexity index is 179. The molecule has 5 nitrogen and oxygen atoms in total. The number of carbonyl (C=O) groups excluding carboxylic acids is 1. The van der Waals surface area contributed by atoms with Crippen LogP contribution in [0, 0.1) is 0 Å². The highest BCUT2D eigenvalue weighted by atomic mass is 16.5. The van der Waals surface area contributed by atoms with Gasteiger partial charge in [0.25, 0.3) is 0 Å². The second-order valence-electron chi connectivity index (χ2n) is 3.67. The first kappa shape index (κ1) is 11.3. The average Bonchev–Trinajstić information content (AvgIpc) is 2.15. The van der Waals surface area contributed by atoms with Crippen LogP contribution in [-0.2, 0) is 4.74 Å². The number of primary amides is 1. The first-order chi connectivity index (χ1) is 6.68. The molecule has 14 heavy (non-hydrogen) atoms. The molecule has 0 unspecified atom stereocenters. The highest BCUT2D eigenvalue weighted by molar-refractivity contribution is 5.64. The van der Waals surface area contributed by atoms with Gasteiger partial charge in [0.15, 0.2) is 0 Å². The zero-order chi connectivity index (χ0) is 10.4. The molecule has 1 heterocycles. The third kappa shape index (κ3) is 4.43. The normalized spacial score (nSPS) is 19.5. The summed E-state index contributed by atoms with van der Waals surface area (Å²) in [6.07, 6.45) is 0.190. The zero-order valence-electron chi connectivity index (χ0n) is 8.74. The van der Waals surface area contributed by atoms with Crippen LogP contribution in [-0.4, -0.2) is 62.3 Å². The van der Waals surface area contributed by atoms with Gasteiger partial charge in [-0.25, -0.2) is 4.79 Å². The van der Waals surface area contributed by atoms with Crippen LogP contribution in [0.15, 0.2) is 0 Å². The summed E-state index contributed by atoms with van der Waals surface area (Å²) in [5, 5.41) is 0. The fourth-order valence-corrected chi connectivity index (χ4v) is 1.53. The van der Waals surface area contributed by atoms with Crippen molar-refractivity contribution in [2.24, 2.45) is 5.73 Å². The lowest BCUT2D eigenvalue weighted by Gasteiger charge is -2.32. The Hall–Kier alpha value is -0.810. The van der Waals surface area contributed by atoms with Crippen LogP contribution in [0.1, 0.15) is 6.42 Å². The van der Waals surface area contributed by atoms with Crippen LogP contribution in [0.2, 0.25) is 0 Å². The fourth-order valence-electron chi connectivity index (χ4n) is 1.53. The summed E-state index contributed by atoms with van der Waals surface area (Å²) in [7, 11) is 2.13. The van der Waals surface area contributed by atoms with Crippen LogP contribution in [0.3, 0.4) is 0 Å². The SMILES string of the molecule is CN1CCN(CCCOC(N)=O)CC1. The van der Waals surface area contributed by atoms with Crippen molar-refractivity contribution in [3.63, 3.8) is 0 Å². The minimum absolute atomic E-state index is 0.432. The van der Waals surface area contributed by atoms with E-state index in [-0.39, 0.29) is 0 Å². The van der Waals surface area contributed by atoms with Gasteiger partial charge in [-0.3, -0.25) is 0 Å². The quantitative estimate of drug-likeness (QED) is 0.635. The molecule has 1 saturated heterocycles. The second kappa shape index (κ2) is 5.82. The number of hydrogen-bond acceptors (Lipinski definition) is 4. The highest BCUT2D eigenvalue weighted by Gasteiger charge is 2.12. The van der Waals surface area contributed by atoms with Gasteiger partial charge < -0.3 is 20.3 Å². The minimum Gasteiger partial charge on any atom is -0.450 e. The second-order valence-corrected chi connectivity index (χ2v) is 3.67. The molecule has 0 radical (unpaired) electrons. The van der Waals surface area contributed by atoms with Crippen molar-refractivity contribution < 1.29 is 9.53 Å². The molecular formula is C9H19N3O2. The predicted octanol–water partition coefficient (Wildman–Crippen LogP) is -0.281. The molecule has 1 amide bonds. The molecule has 1 rings (SSSR count). The zero-order valence-corrected chi connectivity index (χ0v) is 8.74. The molecule has 0 aromatic carbocycles. The Balaban J connectivity index is 1.99. The van der Waals surface area contributed by atoms with Crippen molar-refractivity contribution in [3.05, 3.63) is 0 Å². The monoisotopic (exact) mass is 201 g/mol. The highest BCUT2D eigenvalue weighted by Crippen LogP contribution is 1.99. The van der Waals surface area contributed by atoms with Crippen LogP contribution in [0.5, 0.6) is 0 Å². The number of nitrogens with zero attached hydrogens (tertiary/aromatic N) is 2. The topological polar surface area (TPSA) is 58.8 Å². The average molecular weight is 201 g/mol. The molecule has 0 saturated carbocycles. The van der Waals surface area contributed by atoms with Crippen LogP contribution < -0.4 is 5.73 Å². The molecule has 82 valence electrons. The number of piperazine rings is 1. The lowest BCUT2D eigenvalue weighted by molar-refractivity contribution is 0.128. The van der Waals surface area contributed by atoms with Crippen molar-refractivity contribution >= 4 is 6.09 Å². The Morgan fingerprint density at radius 1 is 1.36 bits per heavy atom. The molecule has 0 aliphatic carbocycles. The van der Waals surface area contributed by atoms with E-state index in [9.17, 15) is 4.79 Å². The molecule has 0 atom stereocenters. The van der Waals surface area contributed by atoms with Gasteiger partial charge >= 0.3 is 6.09 Å².